The van der Waals surface area contributed by atoms with Crippen molar-refractivity contribution in [2.24, 2.45) is 0 Å². The molecule has 277 valence electrons. The maximum Gasteiger partial charge on any atom is 0.128 e. The van der Waals surface area contributed by atoms with Gasteiger partial charge in [0.05, 0.1) is 5.58 Å². The van der Waals surface area contributed by atoms with E-state index in [-0.39, 0.29) is 20.1 Å². The predicted molar refractivity (Wildman–Crippen MR) is 230 cm³/mol. The summed E-state index contributed by atoms with van der Waals surface area (Å²) in [5.74, 6) is 0. The summed E-state index contributed by atoms with van der Waals surface area (Å²) in [5, 5.41) is 4.46. The van der Waals surface area contributed by atoms with Gasteiger partial charge in [0.2, 0.25) is 0 Å². The second kappa shape index (κ2) is 16.3. The molecule has 0 aliphatic rings. The number of hydrogen-bond donors (Lipinski definition) is 0. The Morgan fingerprint density at radius 3 is 2.00 bits per heavy atom. The molecule has 5 heteroatoms. The third kappa shape index (κ3) is 7.44. The van der Waals surface area contributed by atoms with E-state index in [1.807, 2.05) is 67.3 Å². The zero-order chi connectivity index (χ0) is 38.0. The Bertz CT molecular complexity index is 2990. The molecule has 10 rings (SSSR count). The Kier molecular flexibility index (Phi) is 10.7. The van der Waals surface area contributed by atoms with E-state index >= 15 is 0 Å². The van der Waals surface area contributed by atoms with Crippen molar-refractivity contribution in [1.82, 2.24) is 15.0 Å². The normalized spacial score (nSPS) is 10.9. The van der Waals surface area contributed by atoms with Gasteiger partial charge in [-0.05, 0) is 75.6 Å². The van der Waals surface area contributed by atoms with Crippen LogP contribution < -0.4 is 0 Å². The maximum atomic E-state index is 6.66. The Balaban J connectivity index is 0.000000185. The minimum atomic E-state index is 0. The first kappa shape index (κ1) is 37.4. The van der Waals surface area contributed by atoms with Crippen molar-refractivity contribution in [2.75, 3.05) is 0 Å². The number of hydrogen-bond acceptors (Lipinski definition) is 4. The first-order valence-corrected chi connectivity index (χ1v) is 18.7. The van der Waals surface area contributed by atoms with Crippen molar-refractivity contribution in [1.29, 1.82) is 0 Å². The zero-order valence-corrected chi connectivity index (χ0v) is 34.1. The SMILES string of the molecule is Cc1c[c-]c(-c2cc(-c3ccccc3)c(C)cn2)cc1.Cc1cncc2c(-c3cccc4c3oc3c(-c5cc(-c6ccccc6)ccn5)[c-]ccc34)cccc12.[Ir]. The summed E-state index contributed by atoms with van der Waals surface area (Å²) < 4.78 is 6.66. The fraction of sp³-hybridized carbons (Fsp3) is 0.0577. The van der Waals surface area contributed by atoms with Crippen LogP contribution in [0.5, 0.6) is 0 Å². The van der Waals surface area contributed by atoms with Gasteiger partial charge in [0.1, 0.15) is 5.58 Å². The second-order valence-corrected chi connectivity index (χ2v) is 14.1. The average Bonchev–Trinajstić information content (AvgIpc) is 3.65. The van der Waals surface area contributed by atoms with Crippen LogP contribution in [-0.2, 0) is 20.1 Å². The van der Waals surface area contributed by atoms with Crippen LogP contribution >= 0.6 is 0 Å². The van der Waals surface area contributed by atoms with Crippen LogP contribution in [-0.4, -0.2) is 15.0 Å². The largest absolute Gasteiger partial charge is 0.500 e. The van der Waals surface area contributed by atoms with Crippen LogP contribution in [0.1, 0.15) is 16.7 Å². The summed E-state index contributed by atoms with van der Waals surface area (Å²) in [6.45, 7) is 6.26. The van der Waals surface area contributed by atoms with Crippen molar-refractivity contribution in [2.45, 2.75) is 20.8 Å². The molecule has 0 atom stereocenters. The molecule has 6 aromatic carbocycles. The van der Waals surface area contributed by atoms with Crippen molar-refractivity contribution in [3.63, 3.8) is 0 Å². The molecule has 4 aromatic heterocycles. The number of furan rings is 1. The van der Waals surface area contributed by atoms with Gasteiger partial charge in [-0.1, -0.05) is 127 Å². The van der Waals surface area contributed by atoms with Gasteiger partial charge in [0.15, 0.2) is 0 Å². The van der Waals surface area contributed by atoms with Gasteiger partial charge in [0.25, 0.3) is 0 Å². The third-order valence-electron chi connectivity index (χ3n) is 10.3. The van der Waals surface area contributed by atoms with E-state index in [9.17, 15) is 0 Å². The fourth-order valence-electron chi connectivity index (χ4n) is 7.38. The third-order valence-corrected chi connectivity index (χ3v) is 10.3. The van der Waals surface area contributed by atoms with Gasteiger partial charge in [-0.3, -0.25) is 4.98 Å². The van der Waals surface area contributed by atoms with Gasteiger partial charge in [-0.25, -0.2) is 0 Å². The summed E-state index contributed by atoms with van der Waals surface area (Å²) >= 11 is 0. The summed E-state index contributed by atoms with van der Waals surface area (Å²) in [6.07, 6.45) is 7.64. The Morgan fingerprint density at radius 2 is 1.23 bits per heavy atom. The maximum absolute atomic E-state index is 6.66. The first-order chi connectivity index (χ1) is 27.5. The molecular formula is C52H37IrN3O-2. The molecule has 0 N–H and O–H groups in total. The predicted octanol–water partition coefficient (Wildman–Crippen LogP) is 13.5. The van der Waals surface area contributed by atoms with Crippen LogP contribution in [0.4, 0.5) is 0 Å². The number of para-hydroxylation sites is 1. The molecule has 0 spiro atoms. The van der Waals surface area contributed by atoms with Crippen LogP contribution in [0, 0.1) is 32.9 Å². The van der Waals surface area contributed by atoms with Gasteiger partial charge < -0.3 is 14.4 Å². The molecule has 0 aliphatic carbocycles. The molecule has 0 fully saturated rings. The van der Waals surface area contributed by atoms with Crippen LogP contribution in [0.3, 0.4) is 0 Å². The number of rotatable bonds is 5. The van der Waals surface area contributed by atoms with Crippen molar-refractivity contribution in [3.05, 3.63) is 199 Å². The molecule has 10 aromatic rings. The molecule has 0 aliphatic heterocycles. The summed E-state index contributed by atoms with van der Waals surface area (Å²) in [7, 11) is 0. The number of nitrogens with zero attached hydrogens (tertiary/aromatic N) is 3. The van der Waals surface area contributed by atoms with Gasteiger partial charge in [0, 0.05) is 61.2 Å². The van der Waals surface area contributed by atoms with E-state index in [0.29, 0.717) is 0 Å². The molecular weight excluding hydrogens is 875 g/mol. The zero-order valence-electron chi connectivity index (χ0n) is 31.7. The average molecular weight is 912 g/mol. The minimum absolute atomic E-state index is 0. The van der Waals surface area contributed by atoms with Crippen LogP contribution in [0.2, 0.25) is 0 Å². The second-order valence-electron chi connectivity index (χ2n) is 14.1. The Morgan fingerprint density at radius 1 is 0.491 bits per heavy atom. The van der Waals surface area contributed by atoms with Gasteiger partial charge in [-0.2, -0.15) is 0 Å². The van der Waals surface area contributed by atoms with E-state index < -0.39 is 0 Å². The molecule has 0 saturated heterocycles. The molecule has 57 heavy (non-hydrogen) atoms. The van der Waals surface area contributed by atoms with Crippen molar-refractivity contribution < 1.29 is 24.5 Å². The number of aromatic nitrogens is 3. The van der Waals surface area contributed by atoms with Gasteiger partial charge in [-0.15, -0.1) is 53.6 Å². The first-order valence-electron chi connectivity index (χ1n) is 18.7. The molecule has 1 radical (unpaired) electrons. The van der Waals surface area contributed by atoms with Crippen LogP contribution in [0.25, 0.3) is 88.6 Å². The fourth-order valence-corrected chi connectivity index (χ4v) is 7.38. The Hall–Kier alpha value is -6.52. The molecule has 0 amide bonds. The summed E-state index contributed by atoms with van der Waals surface area (Å²) in [4.78, 5) is 13.7. The van der Waals surface area contributed by atoms with E-state index in [2.05, 4.69) is 151 Å². The molecule has 0 saturated carbocycles. The standard InChI is InChI=1S/C33H21N2O.C19H16N.Ir/c1-21-19-34-20-30-24(21)10-5-11-25(30)26-12-6-13-27-28-14-7-15-29(33(28)36-32(26)27)31-18-23(16-17-35-31)22-8-3-2-4-9-22;1-14-8-10-17(11-9-14)19-12-18(15(2)13-20-19)16-6-4-3-5-7-16;/h2-14,16-20H,1H3;3-10,12-13H,1-2H3;/q2*-1;. The molecule has 0 unspecified atom stereocenters. The number of fused-ring (bicyclic) bond motifs is 4. The molecule has 4 heterocycles. The molecule has 4 nitrogen and oxygen atoms in total. The van der Waals surface area contributed by atoms with E-state index in [1.54, 1.807) is 0 Å². The topological polar surface area (TPSA) is 51.8 Å². The van der Waals surface area contributed by atoms with E-state index in [1.165, 1.54) is 27.6 Å². The van der Waals surface area contributed by atoms with Crippen molar-refractivity contribution >= 4 is 32.7 Å². The van der Waals surface area contributed by atoms with Crippen LogP contribution in [0.15, 0.2) is 175 Å². The Labute approximate surface area is 346 Å². The number of aryl methyl sites for hydroxylation is 3. The molecule has 0 bridgehead atoms. The van der Waals surface area contributed by atoms with E-state index in [4.69, 9.17) is 4.42 Å². The van der Waals surface area contributed by atoms with Crippen molar-refractivity contribution in [3.8, 4) is 55.9 Å². The quantitative estimate of drug-likeness (QED) is 0.161. The number of pyridine rings is 3. The smallest absolute Gasteiger partial charge is 0.128 e. The van der Waals surface area contributed by atoms with E-state index in [0.717, 1.165) is 77.7 Å². The summed E-state index contributed by atoms with van der Waals surface area (Å²) in [5.41, 5.74) is 15.8. The summed E-state index contributed by atoms with van der Waals surface area (Å²) in [6, 6.07) is 56.7. The number of benzene rings is 6. The van der Waals surface area contributed by atoms with Gasteiger partial charge >= 0.3 is 0 Å². The minimum Gasteiger partial charge on any atom is -0.500 e. The monoisotopic (exact) mass is 912 g/mol.